The lowest BCUT2D eigenvalue weighted by Gasteiger charge is -2.31. The fourth-order valence-electron chi connectivity index (χ4n) is 1.69. The maximum Gasteiger partial charge on any atom is 0.222 e. The third kappa shape index (κ3) is 7.34. The van der Waals surface area contributed by atoms with Crippen molar-refractivity contribution in [3.63, 3.8) is 0 Å². The average Bonchev–Trinajstić information content (AvgIpc) is 2.30. The van der Waals surface area contributed by atoms with Gasteiger partial charge in [-0.05, 0) is 13.3 Å². The zero-order chi connectivity index (χ0) is 13.3. The minimum atomic E-state index is -0.0269. The largest absolute Gasteiger partial charge is 0.342 e. The van der Waals surface area contributed by atoms with Gasteiger partial charge in [0.25, 0.3) is 0 Å². The van der Waals surface area contributed by atoms with E-state index in [1.54, 1.807) is 7.05 Å². The molecule has 102 valence electrons. The predicted octanol–water partition coefficient (Wildman–Crippen LogP) is 2.20. The van der Waals surface area contributed by atoms with Gasteiger partial charge in [-0.25, -0.2) is 5.48 Å². The van der Waals surface area contributed by atoms with E-state index in [0.29, 0.717) is 13.0 Å². The van der Waals surface area contributed by atoms with Crippen molar-refractivity contribution in [1.29, 1.82) is 0 Å². The molecule has 0 bridgehead atoms. The molecular weight excluding hydrogens is 216 g/mol. The van der Waals surface area contributed by atoms with E-state index in [-0.39, 0.29) is 11.3 Å². The molecule has 4 nitrogen and oxygen atoms in total. The quantitative estimate of drug-likeness (QED) is 0.632. The lowest BCUT2D eigenvalue weighted by Crippen LogP contribution is -2.41. The highest BCUT2D eigenvalue weighted by Gasteiger charge is 2.24. The van der Waals surface area contributed by atoms with Gasteiger partial charge in [0, 0.05) is 32.0 Å². The molecule has 17 heavy (non-hydrogen) atoms. The third-order valence-corrected chi connectivity index (χ3v) is 2.70. The molecular formula is C13H28N2O2. The van der Waals surface area contributed by atoms with Gasteiger partial charge in [0.05, 0.1) is 6.61 Å². The molecule has 1 N–H and O–H groups in total. The zero-order valence-electron chi connectivity index (χ0n) is 12.0. The number of hydrogen-bond acceptors (Lipinski definition) is 3. The lowest BCUT2D eigenvalue weighted by atomic mass is 9.94. The normalized spacial score (nSPS) is 11.6. The van der Waals surface area contributed by atoms with Crippen LogP contribution in [0.25, 0.3) is 0 Å². The smallest absolute Gasteiger partial charge is 0.222 e. The van der Waals surface area contributed by atoms with Crippen molar-refractivity contribution in [3.8, 4) is 0 Å². The highest BCUT2D eigenvalue weighted by atomic mass is 16.6. The van der Waals surface area contributed by atoms with Gasteiger partial charge in [0.2, 0.25) is 5.91 Å². The van der Waals surface area contributed by atoms with Crippen molar-refractivity contribution in [2.75, 3.05) is 26.7 Å². The van der Waals surface area contributed by atoms with Crippen LogP contribution in [0, 0.1) is 5.41 Å². The van der Waals surface area contributed by atoms with E-state index in [9.17, 15) is 4.79 Å². The number of nitrogens with zero attached hydrogens (tertiary/aromatic N) is 1. The van der Waals surface area contributed by atoms with Crippen molar-refractivity contribution in [2.45, 2.75) is 47.0 Å². The number of nitrogens with one attached hydrogen (secondary N) is 1. The molecule has 0 aromatic heterocycles. The second kappa shape index (κ2) is 8.48. The van der Waals surface area contributed by atoms with Gasteiger partial charge in [-0.2, -0.15) is 0 Å². The van der Waals surface area contributed by atoms with Crippen LogP contribution >= 0.6 is 0 Å². The summed E-state index contributed by atoms with van der Waals surface area (Å²) >= 11 is 0. The van der Waals surface area contributed by atoms with Crippen LogP contribution in [-0.2, 0) is 9.63 Å². The molecule has 0 aliphatic heterocycles. The van der Waals surface area contributed by atoms with Crippen molar-refractivity contribution >= 4 is 5.91 Å². The number of carbonyl (C=O) groups excluding carboxylic acids is 1. The number of unbranched alkanes of at least 4 members (excludes halogenated alkanes) is 1. The first-order chi connectivity index (χ1) is 7.96. The van der Waals surface area contributed by atoms with Crippen molar-refractivity contribution in [2.24, 2.45) is 5.41 Å². The fourth-order valence-corrected chi connectivity index (χ4v) is 1.69. The second-order valence-electron chi connectivity index (χ2n) is 5.17. The van der Waals surface area contributed by atoms with Crippen molar-refractivity contribution in [1.82, 2.24) is 10.4 Å². The summed E-state index contributed by atoms with van der Waals surface area (Å²) in [5.41, 5.74) is 2.65. The zero-order valence-corrected chi connectivity index (χ0v) is 12.0. The Morgan fingerprint density at radius 3 is 2.47 bits per heavy atom. The molecule has 0 aromatic carbocycles. The van der Waals surface area contributed by atoms with E-state index >= 15 is 0 Å². The minimum absolute atomic E-state index is 0.0269. The highest BCUT2D eigenvalue weighted by Crippen LogP contribution is 2.18. The maximum absolute atomic E-state index is 12.0. The van der Waals surface area contributed by atoms with E-state index in [4.69, 9.17) is 4.84 Å². The van der Waals surface area contributed by atoms with E-state index in [1.165, 1.54) is 0 Å². The molecule has 1 amide bonds. The van der Waals surface area contributed by atoms with Crippen LogP contribution in [0.15, 0.2) is 0 Å². The topological polar surface area (TPSA) is 41.6 Å². The molecule has 0 aliphatic rings. The number of hydroxylamine groups is 1. The van der Waals surface area contributed by atoms with Gasteiger partial charge in [-0.1, -0.05) is 27.2 Å². The fraction of sp³-hybridized carbons (Fsp3) is 0.923. The van der Waals surface area contributed by atoms with Crippen LogP contribution in [0.4, 0.5) is 0 Å². The first-order valence-corrected chi connectivity index (χ1v) is 6.53. The molecule has 0 radical (unpaired) electrons. The summed E-state index contributed by atoms with van der Waals surface area (Å²) in [6.07, 6.45) is 2.70. The average molecular weight is 244 g/mol. The molecule has 0 heterocycles. The van der Waals surface area contributed by atoms with E-state index in [2.05, 4.69) is 26.3 Å². The van der Waals surface area contributed by atoms with E-state index in [1.807, 2.05) is 11.8 Å². The molecule has 0 aromatic rings. The van der Waals surface area contributed by atoms with Crippen LogP contribution in [0.2, 0.25) is 0 Å². The Balaban J connectivity index is 4.22. The summed E-state index contributed by atoms with van der Waals surface area (Å²) in [6.45, 7) is 10.5. The van der Waals surface area contributed by atoms with Gasteiger partial charge >= 0.3 is 0 Å². The van der Waals surface area contributed by atoms with E-state index < -0.39 is 0 Å². The molecule has 0 fully saturated rings. The molecule has 0 saturated heterocycles. The molecule has 0 spiro atoms. The third-order valence-electron chi connectivity index (χ3n) is 2.70. The SMILES string of the molecule is CCCCC(=O)N(CC)CC(C)(C)CONC. The molecule has 0 saturated carbocycles. The molecule has 0 unspecified atom stereocenters. The monoisotopic (exact) mass is 244 g/mol. The van der Waals surface area contributed by atoms with E-state index in [0.717, 1.165) is 25.9 Å². The number of hydrogen-bond donors (Lipinski definition) is 1. The Kier molecular flexibility index (Phi) is 8.17. The lowest BCUT2D eigenvalue weighted by molar-refractivity contribution is -0.133. The summed E-state index contributed by atoms with van der Waals surface area (Å²) in [6, 6.07) is 0. The Morgan fingerprint density at radius 1 is 1.35 bits per heavy atom. The Labute approximate surface area is 106 Å². The second-order valence-corrected chi connectivity index (χ2v) is 5.17. The summed E-state index contributed by atoms with van der Waals surface area (Å²) < 4.78 is 0. The van der Waals surface area contributed by atoms with Crippen molar-refractivity contribution in [3.05, 3.63) is 0 Å². The first-order valence-electron chi connectivity index (χ1n) is 6.53. The predicted molar refractivity (Wildman–Crippen MR) is 70.6 cm³/mol. The minimum Gasteiger partial charge on any atom is -0.342 e. The van der Waals surface area contributed by atoms with Crippen LogP contribution < -0.4 is 5.48 Å². The molecule has 0 rings (SSSR count). The van der Waals surface area contributed by atoms with Crippen molar-refractivity contribution < 1.29 is 9.63 Å². The summed E-state index contributed by atoms with van der Waals surface area (Å²) in [5.74, 6) is 0.256. The van der Waals surface area contributed by atoms with Crippen LogP contribution in [0.1, 0.15) is 47.0 Å². The summed E-state index contributed by atoms with van der Waals surface area (Å²) in [7, 11) is 1.75. The molecule has 4 heteroatoms. The molecule has 0 aliphatic carbocycles. The number of carbonyl (C=O) groups is 1. The van der Waals surface area contributed by atoms with Crippen LogP contribution in [0.5, 0.6) is 0 Å². The molecule has 0 atom stereocenters. The van der Waals surface area contributed by atoms with Gasteiger partial charge in [0.15, 0.2) is 0 Å². The van der Waals surface area contributed by atoms with Crippen LogP contribution in [0.3, 0.4) is 0 Å². The Hall–Kier alpha value is -0.610. The maximum atomic E-state index is 12.0. The Bertz CT molecular complexity index is 217. The first kappa shape index (κ1) is 16.4. The van der Waals surface area contributed by atoms with Gasteiger partial charge < -0.3 is 9.74 Å². The van der Waals surface area contributed by atoms with Gasteiger partial charge in [0.1, 0.15) is 0 Å². The highest BCUT2D eigenvalue weighted by molar-refractivity contribution is 5.76. The Morgan fingerprint density at radius 2 is 2.00 bits per heavy atom. The number of amides is 1. The van der Waals surface area contributed by atoms with Gasteiger partial charge in [-0.3, -0.25) is 4.79 Å². The standard InChI is InChI=1S/C13H28N2O2/c1-6-8-9-12(16)15(7-2)10-13(3,4)11-17-14-5/h14H,6-11H2,1-5H3. The summed E-state index contributed by atoms with van der Waals surface area (Å²) in [5, 5.41) is 0. The summed E-state index contributed by atoms with van der Waals surface area (Å²) in [4.78, 5) is 19.1. The van der Waals surface area contributed by atoms with Crippen LogP contribution in [-0.4, -0.2) is 37.6 Å². The van der Waals surface area contributed by atoms with Gasteiger partial charge in [-0.15, -0.1) is 0 Å². The number of rotatable bonds is 9.